The number of nitrogens with one attached hydrogen (secondary N) is 1. The maximum atomic E-state index is 14.0. The van der Waals surface area contributed by atoms with Crippen LogP contribution in [0.25, 0.3) is 0 Å². The van der Waals surface area contributed by atoms with E-state index in [1.54, 1.807) is 44.2 Å². The van der Waals surface area contributed by atoms with E-state index < -0.39 is 30.2 Å². The number of aliphatic hydroxyl groups is 1. The van der Waals surface area contributed by atoms with E-state index >= 15 is 0 Å². The smallest absolute Gasteiger partial charge is 0.418 e. The molecule has 1 aliphatic heterocycles. The number of alkyl halides is 3. The summed E-state index contributed by atoms with van der Waals surface area (Å²) in [6.07, 6.45) is -3.32. The van der Waals surface area contributed by atoms with Crippen LogP contribution in [0.1, 0.15) is 37.0 Å². The Morgan fingerprint density at radius 2 is 1.90 bits per heavy atom. The number of hydrazone groups is 1. The van der Waals surface area contributed by atoms with Gasteiger partial charge in [0.25, 0.3) is 0 Å². The van der Waals surface area contributed by atoms with Gasteiger partial charge < -0.3 is 21.0 Å². The molecule has 2 aromatic carbocycles. The first-order valence-corrected chi connectivity index (χ1v) is 9.68. The SMILES string of the molecule is CC(C)(CC(O)(CNc1ccccc1/C=N\N)C(F)(F)F)c1cccc2c1OCC2. The van der Waals surface area contributed by atoms with Crippen molar-refractivity contribution < 1.29 is 23.0 Å². The lowest BCUT2D eigenvalue weighted by molar-refractivity contribution is -0.260. The molecule has 1 atom stereocenters. The van der Waals surface area contributed by atoms with E-state index in [-0.39, 0.29) is 0 Å². The van der Waals surface area contributed by atoms with Crippen molar-refractivity contribution in [2.75, 3.05) is 18.5 Å². The van der Waals surface area contributed by atoms with Crippen molar-refractivity contribution in [3.8, 4) is 5.75 Å². The monoisotopic (exact) mass is 421 g/mol. The number of ether oxygens (including phenoxy) is 1. The van der Waals surface area contributed by atoms with Crippen LogP contribution in [0.3, 0.4) is 0 Å². The van der Waals surface area contributed by atoms with Crippen molar-refractivity contribution in [1.82, 2.24) is 0 Å². The van der Waals surface area contributed by atoms with Crippen molar-refractivity contribution in [2.24, 2.45) is 10.9 Å². The summed E-state index contributed by atoms with van der Waals surface area (Å²) in [6.45, 7) is 3.17. The number of benzene rings is 2. The second-order valence-corrected chi connectivity index (χ2v) is 8.20. The molecule has 0 aromatic heterocycles. The van der Waals surface area contributed by atoms with Gasteiger partial charge in [-0.25, -0.2) is 0 Å². The molecule has 0 aliphatic carbocycles. The highest BCUT2D eigenvalue weighted by atomic mass is 19.4. The van der Waals surface area contributed by atoms with Crippen LogP contribution in [0.15, 0.2) is 47.6 Å². The first kappa shape index (κ1) is 22.0. The van der Waals surface area contributed by atoms with Crippen LogP contribution in [0.5, 0.6) is 5.75 Å². The summed E-state index contributed by atoms with van der Waals surface area (Å²) in [7, 11) is 0. The molecule has 0 spiro atoms. The van der Waals surface area contributed by atoms with Crippen LogP contribution >= 0.6 is 0 Å². The van der Waals surface area contributed by atoms with Gasteiger partial charge in [0, 0.05) is 23.2 Å². The van der Waals surface area contributed by atoms with Crippen molar-refractivity contribution in [1.29, 1.82) is 0 Å². The molecule has 2 aromatic rings. The maximum Gasteiger partial charge on any atom is 0.418 e. The summed E-state index contributed by atoms with van der Waals surface area (Å²) in [5.41, 5.74) is -1.39. The number of anilines is 1. The second kappa shape index (κ2) is 8.18. The average molecular weight is 421 g/mol. The average Bonchev–Trinajstić information content (AvgIpc) is 3.15. The molecule has 3 rings (SSSR count). The molecule has 0 fully saturated rings. The number of fused-ring (bicyclic) bond motifs is 1. The third kappa shape index (κ3) is 4.38. The predicted molar refractivity (Wildman–Crippen MR) is 111 cm³/mol. The largest absolute Gasteiger partial charge is 0.493 e. The standard InChI is InChI=1S/C22H26F3N3O2/c1-20(2,17-8-5-7-15-10-11-30-19(15)17)13-21(29,22(23,24)25)14-27-18-9-4-3-6-16(18)12-28-26/h3-9,12,27,29H,10-11,13-14,26H2,1-2H3/b28-12-. The lowest BCUT2D eigenvalue weighted by atomic mass is 9.74. The molecule has 162 valence electrons. The van der Waals surface area contributed by atoms with Crippen molar-refractivity contribution >= 4 is 11.9 Å². The molecule has 5 nitrogen and oxygen atoms in total. The summed E-state index contributed by atoms with van der Waals surface area (Å²) in [4.78, 5) is 0. The molecular formula is C22H26F3N3O2. The molecule has 1 unspecified atom stereocenters. The molecule has 0 saturated heterocycles. The van der Waals surface area contributed by atoms with Crippen molar-refractivity contribution in [3.63, 3.8) is 0 Å². The normalized spacial score (nSPS) is 16.2. The van der Waals surface area contributed by atoms with Gasteiger partial charge in [-0.1, -0.05) is 50.2 Å². The van der Waals surface area contributed by atoms with Crippen LogP contribution in [0, 0.1) is 0 Å². The molecule has 1 aliphatic rings. The molecule has 0 radical (unpaired) electrons. The van der Waals surface area contributed by atoms with Crippen molar-refractivity contribution in [2.45, 2.75) is 43.9 Å². The Kier molecular flexibility index (Phi) is 5.99. The van der Waals surface area contributed by atoms with Crippen LogP contribution in [0.4, 0.5) is 18.9 Å². The van der Waals surface area contributed by atoms with Gasteiger partial charge in [0.15, 0.2) is 5.60 Å². The summed E-state index contributed by atoms with van der Waals surface area (Å²) in [6, 6.07) is 12.2. The second-order valence-electron chi connectivity index (χ2n) is 8.20. The Hall–Kier alpha value is -2.74. The summed E-state index contributed by atoms with van der Waals surface area (Å²) in [5, 5.41) is 16.9. The maximum absolute atomic E-state index is 14.0. The molecule has 0 amide bonds. The molecule has 4 N–H and O–H groups in total. The van der Waals surface area contributed by atoms with E-state index in [1.807, 2.05) is 12.1 Å². The summed E-state index contributed by atoms with van der Waals surface area (Å²) < 4.78 is 47.7. The quantitative estimate of drug-likeness (QED) is 0.359. The zero-order chi connectivity index (χ0) is 22.0. The minimum Gasteiger partial charge on any atom is -0.493 e. The lowest BCUT2D eigenvalue weighted by Gasteiger charge is -2.38. The van der Waals surface area contributed by atoms with Gasteiger partial charge in [0.05, 0.1) is 19.4 Å². The van der Waals surface area contributed by atoms with E-state index in [2.05, 4.69) is 10.4 Å². The third-order valence-corrected chi connectivity index (χ3v) is 5.45. The van der Waals surface area contributed by atoms with Gasteiger partial charge >= 0.3 is 6.18 Å². The molecule has 0 bridgehead atoms. The Labute approximate surface area is 173 Å². The fraction of sp³-hybridized carbons (Fsp3) is 0.409. The third-order valence-electron chi connectivity index (χ3n) is 5.45. The Morgan fingerprint density at radius 3 is 2.60 bits per heavy atom. The number of nitrogens with two attached hydrogens (primary N) is 1. The van der Waals surface area contributed by atoms with Crippen LogP contribution in [-0.4, -0.2) is 36.3 Å². The van der Waals surface area contributed by atoms with Gasteiger partial charge in [0.2, 0.25) is 0 Å². The zero-order valence-corrected chi connectivity index (χ0v) is 17.0. The fourth-order valence-corrected chi connectivity index (χ4v) is 3.93. The van der Waals surface area contributed by atoms with E-state index in [0.29, 0.717) is 29.2 Å². The topological polar surface area (TPSA) is 79.9 Å². The zero-order valence-electron chi connectivity index (χ0n) is 17.0. The highest BCUT2D eigenvalue weighted by Gasteiger charge is 2.56. The highest BCUT2D eigenvalue weighted by Crippen LogP contribution is 2.45. The summed E-state index contributed by atoms with van der Waals surface area (Å²) in [5.74, 6) is 5.80. The fourth-order valence-electron chi connectivity index (χ4n) is 3.93. The first-order valence-electron chi connectivity index (χ1n) is 9.68. The van der Waals surface area contributed by atoms with E-state index in [0.717, 1.165) is 12.0 Å². The molecular weight excluding hydrogens is 395 g/mol. The number of hydrogen-bond donors (Lipinski definition) is 3. The van der Waals surface area contributed by atoms with Gasteiger partial charge in [-0.3, -0.25) is 0 Å². The van der Waals surface area contributed by atoms with Crippen LogP contribution < -0.4 is 15.9 Å². The van der Waals surface area contributed by atoms with Gasteiger partial charge in [-0.15, -0.1) is 0 Å². The summed E-state index contributed by atoms with van der Waals surface area (Å²) >= 11 is 0. The van der Waals surface area contributed by atoms with E-state index in [4.69, 9.17) is 10.6 Å². The number of hydrogen-bond acceptors (Lipinski definition) is 5. The van der Waals surface area contributed by atoms with Crippen LogP contribution in [-0.2, 0) is 11.8 Å². The molecule has 8 heteroatoms. The Morgan fingerprint density at radius 1 is 1.17 bits per heavy atom. The Balaban J connectivity index is 1.88. The van der Waals surface area contributed by atoms with Gasteiger partial charge in [0.1, 0.15) is 5.75 Å². The number of halogens is 3. The van der Waals surface area contributed by atoms with Gasteiger partial charge in [-0.05, 0) is 23.5 Å². The number of rotatable bonds is 7. The van der Waals surface area contributed by atoms with Gasteiger partial charge in [-0.2, -0.15) is 18.3 Å². The predicted octanol–water partition coefficient (Wildman–Crippen LogP) is 3.99. The number of nitrogens with zero attached hydrogens (tertiary/aromatic N) is 1. The molecule has 30 heavy (non-hydrogen) atoms. The van der Waals surface area contributed by atoms with Crippen LogP contribution in [0.2, 0.25) is 0 Å². The minimum absolute atomic E-state index is 0.399. The van der Waals surface area contributed by atoms with E-state index in [1.165, 1.54) is 6.21 Å². The lowest BCUT2D eigenvalue weighted by Crippen LogP contribution is -2.53. The number of para-hydroxylation sites is 2. The molecule has 0 saturated carbocycles. The first-order chi connectivity index (χ1) is 14.1. The molecule has 1 heterocycles. The van der Waals surface area contributed by atoms with Crippen molar-refractivity contribution in [3.05, 3.63) is 59.2 Å². The highest BCUT2D eigenvalue weighted by molar-refractivity contribution is 5.87. The van der Waals surface area contributed by atoms with E-state index in [9.17, 15) is 18.3 Å². The Bertz CT molecular complexity index is 928. The minimum atomic E-state index is -4.84.